The van der Waals surface area contributed by atoms with Gasteiger partial charge in [0.25, 0.3) is 0 Å². The Labute approximate surface area is 193 Å². The van der Waals surface area contributed by atoms with Crippen LogP contribution in [0.3, 0.4) is 0 Å². The summed E-state index contributed by atoms with van der Waals surface area (Å²) < 4.78 is 34.9. The van der Waals surface area contributed by atoms with Crippen LogP contribution in [0.15, 0.2) is 59.7 Å². The van der Waals surface area contributed by atoms with Crippen LogP contribution in [-0.2, 0) is 11.2 Å². The van der Waals surface area contributed by atoms with Crippen molar-refractivity contribution in [3.05, 3.63) is 82.7 Å². The number of nitrogens with zero attached hydrogens (tertiary/aromatic N) is 4. The summed E-state index contributed by atoms with van der Waals surface area (Å²) in [4.78, 5) is 25.3. The highest BCUT2D eigenvalue weighted by Crippen LogP contribution is 2.17. The number of aromatic nitrogens is 4. The van der Waals surface area contributed by atoms with Crippen LogP contribution in [0.2, 0.25) is 0 Å². The first kappa shape index (κ1) is 23.1. The number of fused-ring (bicyclic) bond motifs is 1. The maximum atomic E-state index is 13.3. The number of halogens is 2. The summed E-state index contributed by atoms with van der Waals surface area (Å²) in [6.45, 7) is 4.31. The second-order valence-electron chi connectivity index (χ2n) is 7.90. The molecular formula is C24H23F2N5O3. The number of nitrogens with one attached hydrogen (secondary N) is 1. The van der Waals surface area contributed by atoms with Crippen LogP contribution >= 0.6 is 0 Å². The zero-order valence-electron chi connectivity index (χ0n) is 18.7. The number of amides is 1. The lowest BCUT2D eigenvalue weighted by molar-refractivity contribution is -0.116. The van der Waals surface area contributed by atoms with Gasteiger partial charge in [-0.3, -0.25) is 18.6 Å². The summed E-state index contributed by atoms with van der Waals surface area (Å²) in [7, 11) is 0. The van der Waals surface area contributed by atoms with E-state index in [1.165, 1.54) is 10.6 Å². The van der Waals surface area contributed by atoms with Crippen LogP contribution in [0.25, 0.3) is 11.3 Å². The average molecular weight is 467 g/mol. The third-order valence-electron chi connectivity index (χ3n) is 5.24. The molecule has 0 spiro atoms. The molecular weight excluding hydrogens is 444 g/mol. The van der Waals surface area contributed by atoms with Crippen molar-refractivity contribution in [2.45, 2.75) is 26.7 Å². The molecule has 0 aliphatic rings. The fraction of sp³-hybridized carbons (Fsp3) is 0.250. The molecule has 0 saturated heterocycles. The summed E-state index contributed by atoms with van der Waals surface area (Å²) in [6.07, 6.45) is 3.85. The zero-order valence-corrected chi connectivity index (χ0v) is 18.7. The summed E-state index contributed by atoms with van der Waals surface area (Å²) >= 11 is 0. The molecule has 0 bridgehead atoms. The first-order chi connectivity index (χ1) is 16.4. The van der Waals surface area contributed by atoms with E-state index in [2.05, 4.69) is 15.5 Å². The van der Waals surface area contributed by atoms with Gasteiger partial charge in [-0.05, 0) is 49.2 Å². The highest BCUT2D eigenvalue weighted by molar-refractivity contribution is 5.90. The molecule has 0 aliphatic heterocycles. The Morgan fingerprint density at radius 1 is 1.09 bits per heavy atom. The minimum atomic E-state index is -1.03. The molecule has 1 amide bonds. The number of carbonyl (C=O) groups is 1. The first-order valence-electron chi connectivity index (χ1n) is 10.8. The Bertz CT molecular complexity index is 1380. The number of hydrogen-bond acceptors (Lipinski definition) is 5. The first-order valence-corrected chi connectivity index (χ1v) is 10.8. The van der Waals surface area contributed by atoms with Crippen LogP contribution in [-0.4, -0.2) is 31.7 Å². The highest BCUT2D eigenvalue weighted by Gasteiger charge is 2.17. The fourth-order valence-electron chi connectivity index (χ4n) is 3.63. The van der Waals surface area contributed by atoms with E-state index in [-0.39, 0.29) is 35.1 Å². The molecule has 176 valence electrons. The van der Waals surface area contributed by atoms with Crippen molar-refractivity contribution in [3.8, 4) is 11.4 Å². The topological polar surface area (TPSA) is 90.5 Å². The lowest BCUT2D eigenvalue weighted by Crippen LogP contribution is -2.21. The minimum Gasteiger partial charge on any atom is -0.494 e. The monoisotopic (exact) mass is 467 g/mol. The summed E-state index contributed by atoms with van der Waals surface area (Å²) in [5, 5.41) is 10.7. The van der Waals surface area contributed by atoms with E-state index in [0.717, 1.165) is 12.1 Å². The fourth-order valence-corrected chi connectivity index (χ4v) is 3.63. The molecule has 0 radical (unpaired) electrons. The Kier molecular flexibility index (Phi) is 6.67. The lowest BCUT2D eigenvalue weighted by atomic mass is 10.0. The third-order valence-corrected chi connectivity index (χ3v) is 5.24. The van der Waals surface area contributed by atoms with Crippen molar-refractivity contribution >= 4 is 17.2 Å². The number of ether oxygens (including phenoxy) is 1. The number of rotatable bonds is 8. The molecule has 1 N–H and O–H groups in total. The quantitative estimate of drug-likeness (QED) is 0.426. The van der Waals surface area contributed by atoms with E-state index in [0.29, 0.717) is 30.3 Å². The predicted molar refractivity (Wildman–Crippen MR) is 122 cm³/mol. The van der Waals surface area contributed by atoms with Gasteiger partial charge in [-0.15, -0.1) is 10.2 Å². The molecule has 1 atom stereocenters. The van der Waals surface area contributed by atoms with Crippen molar-refractivity contribution in [1.82, 2.24) is 19.2 Å². The summed E-state index contributed by atoms with van der Waals surface area (Å²) in [5.74, 6) is -1.24. The number of anilines is 1. The molecule has 2 aromatic carbocycles. The van der Waals surface area contributed by atoms with Gasteiger partial charge in [0.2, 0.25) is 11.6 Å². The third kappa shape index (κ3) is 4.95. The van der Waals surface area contributed by atoms with Gasteiger partial charge in [0.05, 0.1) is 6.61 Å². The van der Waals surface area contributed by atoms with Crippen LogP contribution < -0.4 is 15.6 Å². The standard InChI is InChI=1S/C24H23F2N5O3/c1-3-34-18-7-5-17(6-8-18)30-10-11-31-21(28-29-23(31)24(30)33)12-15(2)13-22(32)27-16-4-9-19(25)20(26)14-16/h4-11,14-15H,3,12-13H2,1-2H3,(H,27,32). The molecule has 2 heterocycles. The largest absolute Gasteiger partial charge is 0.494 e. The second-order valence-corrected chi connectivity index (χ2v) is 7.90. The van der Waals surface area contributed by atoms with Crippen LogP contribution in [0, 0.1) is 17.6 Å². The zero-order chi connectivity index (χ0) is 24.2. The normalized spacial score (nSPS) is 12.0. The minimum absolute atomic E-state index is 0.122. The van der Waals surface area contributed by atoms with Crippen LogP contribution in [0.1, 0.15) is 26.1 Å². The molecule has 0 aliphatic carbocycles. The molecule has 0 fully saturated rings. The van der Waals surface area contributed by atoms with E-state index >= 15 is 0 Å². The van der Waals surface area contributed by atoms with Crippen molar-refractivity contribution in [1.29, 1.82) is 0 Å². The van der Waals surface area contributed by atoms with Gasteiger partial charge in [0.15, 0.2) is 11.6 Å². The van der Waals surface area contributed by atoms with Crippen LogP contribution in [0.5, 0.6) is 5.75 Å². The van der Waals surface area contributed by atoms with Gasteiger partial charge < -0.3 is 10.1 Å². The van der Waals surface area contributed by atoms with Gasteiger partial charge >= 0.3 is 5.56 Å². The number of carbonyl (C=O) groups excluding carboxylic acids is 1. The SMILES string of the molecule is CCOc1ccc(-n2ccn3c(CC(C)CC(=O)Nc4ccc(F)c(F)c4)nnc3c2=O)cc1. The molecule has 10 heteroatoms. The van der Waals surface area contributed by atoms with Crippen molar-refractivity contribution in [2.24, 2.45) is 5.92 Å². The Morgan fingerprint density at radius 3 is 2.56 bits per heavy atom. The number of benzene rings is 2. The Hall–Kier alpha value is -4.08. The van der Waals surface area contributed by atoms with Gasteiger partial charge in [-0.2, -0.15) is 0 Å². The highest BCUT2D eigenvalue weighted by atomic mass is 19.2. The van der Waals surface area contributed by atoms with E-state index < -0.39 is 11.6 Å². The number of hydrogen-bond donors (Lipinski definition) is 1. The van der Waals surface area contributed by atoms with Gasteiger partial charge in [-0.25, -0.2) is 8.78 Å². The van der Waals surface area contributed by atoms with Crippen molar-refractivity contribution in [3.63, 3.8) is 0 Å². The Balaban J connectivity index is 1.46. The van der Waals surface area contributed by atoms with Crippen molar-refractivity contribution in [2.75, 3.05) is 11.9 Å². The Morgan fingerprint density at radius 2 is 1.85 bits per heavy atom. The molecule has 8 nitrogen and oxygen atoms in total. The summed E-state index contributed by atoms with van der Waals surface area (Å²) in [6, 6.07) is 10.3. The van der Waals surface area contributed by atoms with Gasteiger partial charge in [0, 0.05) is 42.7 Å². The molecule has 34 heavy (non-hydrogen) atoms. The molecule has 1 unspecified atom stereocenters. The smallest absolute Gasteiger partial charge is 0.300 e. The predicted octanol–water partition coefficient (Wildman–Crippen LogP) is 3.76. The maximum absolute atomic E-state index is 13.3. The average Bonchev–Trinajstić information content (AvgIpc) is 3.21. The van der Waals surface area contributed by atoms with E-state index in [1.807, 2.05) is 13.8 Å². The molecule has 2 aromatic heterocycles. The van der Waals surface area contributed by atoms with Gasteiger partial charge in [-0.1, -0.05) is 6.92 Å². The van der Waals surface area contributed by atoms with Crippen molar-refractivity contribution < 1.29 is 18.3 Å². The lowest BCUT2D eigenvalue weighted by Gasteiger charge is -2.11. The molecule has 0 saturated carbocycles. The van der Waals surface area contributed by atoms with E-state index in [1.54, 1.807) is 41.1 Å². The molecule has 4 aromatic rings. The molecule has 4 rings (SSSR count). The van der Waals surface area contributed by atoms with E-state index in [9.17, 15) is 18.4 Å². The van der Waals surface area contributed by atoms with Gasteiger partial charge in [0.1, 0.15) is 11.6 Å². The van der Waals surface area contributed by atoms with Crippen LogP contribution in [0.4, 0.5) is 14.5 Å². The second kappa shape index (κ2) is 9.82. The van der Waals surface area contributed by atoms with E-state index in [4.69, 9.17) is 4.74 Å². The summed E-state index contributed by atoms with van der Waals surface area (Å²) in [5.41, 5.74) is 0.695. The maximum Gasteiger partial charge on any atom is 0.300 e.